The van der Waals surface area contributed by atoms with Gasteiger partial charge in [0.25, 0.3) is 0 Å². The molecule has 2 N–H and O–H groups in total. The van der Waals surface area contributed by atoms with Crippen molar-refractivity contribution in [1.29, 1.82) is 0 Å². The van der Waals surface area contributed by atoms with E-state index in [2.05, 4.69) is 17.4 Å². The highest BCUT2D eigenvalue weighted by Gasteiger charge is 2.31. The molecule has 178 valence electrons. The number of carboxylic acid groups (broad SMARTS) is 1. The molecule has 3 aromatic rings. The second-order valence-corrected chi connectivity index (χ2v) is 8.89. The lowest BCUT2D eigenvalue weighted by Gasteiger charge is -2.32. The first-order valence-corrected chi connectivity index (χ1v) is 11.7. The Morgan fingerprint density at radius 1 is 1.00 bits per heavy atom. The zero-order chi connectivity index (χ0) is 24.5. The molecular formula is C28H26N2O5. The largest absolute Gasteiger partial charge is 0.478 e. The third-order valence-electron chi connectivity index (χ3n) is 6.80. The van der Waals surface area contributed by atoms with Gasteiger partial charge in [-0.1, -0.05) is 54.6 Å². The maximum atomic E-state index is 13.2. The quantitative estimate of drug-likeness (QED) is 0.569. The van der Waals surface area contributed by atoms with Gasteiger partial charge in [0, 0.05) is 18.2 Å². The van der Waals surface area contributed by atoms with E-state index in [9.17, 15) is 19.5 Å². The first kappa shape index (κ1) is 22.7. The Labute approximate surface area is 203 Å². The number of nitrogens with one attached hydrogen (secondary N) is 1. The summed E-state index contributed by atoms with van der Waals surface area (Å²) in [5.41, 5.74) is 5.96. The summed E-state index contributed by atoms with van der Waals surface area (Å²) in [5.74, 6) is -1.38. The van der Waals surface area contributed by atoms with Crippen LogP contribution in [0.2, 0.25) is 0 Å². The second kappa shape index (κ2) is 9.25. The van der Waals surface area contributed by atoms with Gasteiger partial charge < -0.3 is 20.1 Å². The normalized spacial score (nSPS) is 14.9. The van der Waals surface area contributed by atoms with Gasteiger partial charge in [-0.2, -0.15) is 0 Å². The molecule has 3 aromatic carbocycles. The fourth-order valence-corrected chi connectivity index (χ4v) is 5.17. The molecule has 1 heterocycles. The summed E-state index contributed by atoms with van der Waals surface area (Å²) < 4.78 is 5.57. The number of hydrogen-bond donors (Lipinski definition) is 2. The fraction of sp³-hybridized carbons (Fsp3) is 0.250. The van der Waals surface area contributed by atoms with E-state index < -0.39 is 18.1 Å². The molecule has 1 atom stereocenters. The Balaban J connectivity index is 1.26. The number of alkyl carbamates (subject to hydrolysis) is 1. The van der Waals surface area contributed by atoms with Crippen molar-refractivity contribution < 1.29 is 24.2 Å². The Kier molecular flexibility index (Phi) is 5.99. The van der Waals surface area contributed by atoms with Gasteiger partial charge in [-0.3, -0.25) is 4.79 Å². The molecule has 0 saturated carbocycles. The lowest BCUT2D eigenvalue weighted by atomic mass is 9.96. The number of benzene rings is 3. The third-order valence-corrected chi connectivity index (χ3v) is 6.80. The second-order valence-electron chi connectivity index (χ2n) is 8.89. The number of carbonyl (C=O) groups excluding carboxylic acids is 2. The molecule has 7 heteroatoms. The molecule has 0 radical (unpaired) electrons. The topological polar surface area (TPSA) is 95.9 Å². The fourth-order valence-electron chi connectivity index (χ4n) is 5.17. The van der Waals surface area contributed by atoms with E-state index in [1.54, 1.807) is 30.0 Å². The van der Waals surface area contributed by atoms with Crippen LogP contribution in [0.4, 0.5) is 10.5 Å². The van der Waals surface area contributed by atoms with Gasteiger partial charge in [-0.25, -0.2) is 9.59 Å². The number of carboxylic acids is 1. The van der Waals surface area contributed by atoms with Gasteiger partial charge in [-0.05, 0) is 59.7 Å². The number of anilines is 1. The smallest absolute Gasteiger partial charge is 0.407 e. The molecule has 0 bridgehead atoms. The van der Waals surface area contributed by atoms with Crippen molar-refractivity contribution in [3.05, 3.63) is 89.0 Å². The maximum absolute atomic E-state index is 13.2. The Morgan fingerprint density at radius 3 is 2.31 bits per heavy atom. The number of ether oxygens (including phenoxy) is 1. The van der Waals surface area contributed by atoms with E-state index in [0.717, 1.165) is 22.3 Å². The van der Waals surface area contributed by atoms with Crippen LogP contribution in [0.5, 0.6) is 0 Å². The molecule has 35 heavy (non-hydrogen) atoms. The van der Waals surface area contributed by atoms with Crippen molar-refractivity contribution >= 4 is 23.7 Å². The number of carbonyl (C=O) groups is 3. The summed E-state index contributed by atoms with van der Waals surface area (Å²) in [6, 6.07) is 20.3. The number of hydrogen-bond acceptors (Lipinski definition) is 4. The van der Waals surface area contributed by atoms with E-state index in [1.165, 1.54) is 0 Å². The van der Waals surface area contributed by atoms with Crippen LogP contribution in [0, 0.1) is 0 Å². The summed E-state index contributed by atoms with van der Waals surface area (Å²) in [6.07, 6.45) is 0.584. The molecule has 0 aromatic heterocycles. The van der Waals surface area contributed by atoms with E-state index in [4.69, 9.17) is 4.74 Å². The number of aromatic carboxylic acids is 1. The summed E-state index contributed by atoms with van der Waals surface area (Å²) in [7, 11) is 0. The van der Waals surface area contributed by atoms with Gasteiger partial charge in [0.2, 0.25) is 5.91 Å². The molecule has 5 rings (SSSR count). The highest BCUT2D eigenvalue weighted by Crippen LogP contribution is 2.44. The van der Waals surface area contributed by atoms with Crippen LogP contribution >= 0.6 is 0 Å². The minimum Gasteiger partial charge on any atom is -0.478 e. The van der Waals surface area contributed by atoms with Crippen molar-refractivity contribution in [3.63, 3.8) is 0 Å². The molecule has 0 spiro atoms. The Morgan fingerprint density at radius 2 is 1.66 bits per heavy atom. The molecule has 1 aliphatic carbocycles. The van der Waals surface area contributed by atoms with Crippen molar-refractivity contribution in [2.75, 3.05) is 18.1 Å². The predicted molar refractivity (Wildman–Crippen MR) is 132 cm³/mol. The van der Waals surface area contributed by atoms with Gasteiger partial charge in [0.1, 0.15) is 12.6 Å². The van der Waals surface area contributed by atoms with Crippen LogP contribution < -0.4 is 10.2 Å². The molecule has 2 amide bonds. The van der Waals surface area contributed by atoms with Crippen molar-refractivity contribution in [2.24, 2.45) is 0 Å². The van der Waals surface area contributed by atoms with E-state index in [1.807, 2.05) is 36.4 Å². The number of amides is 2. The standard InChI is InChI=1S/C28H26N2O5/c1-17(26(31)30-15-7-13-22-23(27(32)33)12-6-14-25(22)30)29-28(34)35-16-24-20-10-4-2-8-18(20)19-9-3-5-11-21(19)24/h2-6,8-12,14,17,24H,7,13,15-16H2,1H3,(H,29,34)(H,32,33)/t17-/m1/s1. The number of rotatable bonds is 5. The zero-order valence-electron chi connectivity index (χ0n) is 19.4. The number of nitrogens with zero attached hydrogens (tertiary/aromatic N) is 1. The molecule has 7 nitrogen and oxygen atoms in total. The first-order chi connectivity index (χ1) is 17.0. The molecule has 1 aliphatic heterocycles. The molecule has 0 fully saturated rings. The third kappa shape index (κ3) is 4.14. The van der Waals surface area contributed by atoms with Gasteiger partial charge in [-0.15, -0.1) is 0 Å². The van der Waals surface area contributed by atoms with E-state index in [-0.39, 0.29) is 24.0 Å². The van der Waals surface area contributed by atoms with Gasteiger partial charge in [0.05, 0.1) is 5.56 Å². The molecule has 2 aliphatic rings. The maximum Gasteiger partial charge on any atom is 0.407 e. The van der Waals surface area contributed by atoms with Crippen LogP contribution in [0.1, 0.15) is 46.3 Å². The average molecular weight is 471 g/mol. The summed E-state index contributed by atoms with van der Waals surface area (Å²) in [6.45, 7) is 2.24. The van der Waals surface area contributed by atoms with Crippen LogP contribution in [0.25, 0.3) is 11.1 Å². The van der Waals surface area contributed by atoms with E-state index >= 15 is 0 Å². The average Bonchev–Trinajstić information content (AvgIpc) is 3.20. The Hall–Kier alpha value is -4.13. The lowest BCUT2D eigenvalue weighted by Crippen LogP contribution is -2.49. The zero-order valence-corrected chi connectivity index (χ0v) is 19.4. The molecule has 0 saturated heterocycles. The summed E-state index contributed by atoms with van der Waals surface area (Å²) >= 11 is 0. The Bertz CT molecular complexity index is 1270. The van der Waals surface area contributed by atoms with Gasteiger partial charge in [0.15, 0.2) is 0 Å². The predicted octanol–water partition coefficient (Wildman–Crippen LogP) is 4.59. The van der Waals surface area contributed by atoms with Crippen molar-refractivity contribution in [1.82, 2.24) is 5.32 Å². The molecule has 0 unspecified atom stereocenters. The summed E-state index contributed by atoms with van der Waals surface area (Å²) in [4.78, 5) is 38.9. The monoisotopic (exact) mass is 470 g/mol. The van der Waals surface area contributed by atoms with Crippen LogP contribution in [0.3, 0.4) is 0 Å². The van der Waals surface area contributed by atoms with Crippen LogP contribution in [-0.2, 0) is 16.0 Å². The minimum absolute atomic E-state index is 0.0671. The van der Waals surface area contributed by atoms with Crippen molar-refractivity contribution in [2.45, 2.75) is 31.7 Å². The first-order valence-electron chi connectivity index (χ1n) is 11.7. The van der Waals surface area contributed by atoms with Crippen molar-refractivity contribution in [3.8, 4) is 11.1 Å². The lowest BCUT2D eigenvalue weighted by molar-refractivity contribution is -0.120. The SMILES string of the molecule is C[C@@H](NC(=O)OCC1c2ccccc2-c2ccccc21)C(=O)N1CCCc2c(C(=O)O)cccc21. The summed E-state index contributed by atoms with van der Waals surface area (Å²) in [5, 5.41) is 12.1. The van der Waals surface area contributed by atoms with E-state index in [0.29, 0.717) is 30.6 Å². The minimum atomic E-state index is -1.01. The van der Waals surface area contributed by atoms with Crippen LogP contribution in [0.15, 0.2) is 66.7 Å². The van der Waals surface area contributed by atoms with Crippen LogP contribution in [-0.4, -0.2) is 42.3 Å². The van der Waals surface area contributed by atoms with Gasteiger partial charge >= 0.3 is 12.1 Å². The highest BCUT2D eigenvalue weighted by atomic mass is 16.5. The highest BCUT2D eigenvalue weighted by molar-refractivity contribution is 6.01. The number of fused-ring (bicyclic) bond motifs is 4. The molecular weight excluding hydrogens is 444 g/mol.